The summed E-state index contributed by atoms with van der Waals surface area (Å²) in [5.41, 5.74) is 2.54. The van der Waals surface area contributed by atoms with Gasteiger partial charge in [0.2, 0.25) is 5.13 Å². The van der Waals surface area contributed by atoms with Crippen LogP contribution in [0.2, 0.25) is 0 Å². The Morgan fingerprint density at radius 3 is 2.30 bits per heavy atom. The second-order valence-corrected chi connectivity index (χ2v) is 5.61. The Bertz CT molecular complexity index is 517. The van der Waals surface area contributed by atoms with E-state index in [9.17, 15) is 0 Å². The Morgan fingerprint density at radius 2 is 1.75 bits per heavy atom. The summed E-state index contributed by atoms with van der Waals surface area (Å²) >= 11 is 1.63. The number of benzene rings is 1. The zero-order valence-electron chi connectivity index (χ0n) is 12.4. The monoisotopic (exact) mass is 290 g/mol. The quantitative estimate of drug-likeness (QED) is 0.846. The maximum atomic E-state index is 4.12. The highest BCUT2D eigenvalue weighted by atomic mass is 32.1. The summed E-state index contributed by atoms with van der Waals surface area (Å²) in [6.07, 6.45) is 0.942. The molecule has 1 aromatic heterocycles. The van der Waals surface area contributed by atoms with Crippen molar-refractivity contribution >= 4 is 22.2 Å². The molecule has 5 heteroatoms. The van der Waals surface area contributed by atoms with Gasteiger partial charge in [0.05, 0.1) is 0 Å². The zero-order chi connectivity index (χ0) is 14.4. The second kappa shape index (κ2) is 7.24. The fourth-order valence-electron chi connectivity index (χ4n) is 2.06. The van der Waals surface area contributed by atoms with Crippen molar-refractivity contribution in [1.29, 1.82) is 0 Å². The topological polar surface area (TPSA) is 41.1 Å². The normalized spacial score (nSPS) is 10.6. The van der Waals surface area contributed by atoms with Crippen molar-refractivity contribution in [2.75, 3.05) is 23.3 Å². The van der Waals surface area contributed by atoms with Crippen LogP contribution in [0.25, 0.3) is 0 Å². The minimum atomic E-state index is 0.789. The molecule has 0 aliphatic carbocycles. The van der Waals surface area contributed by atoms with Gasteiger partial charge in [0.1, 0.15) is 5.01 Å². The summed E-state index contributed by atoms with van der Waals surface area (Å²) in [5, 5.41) is 13.5. The molecule has 0 aliphatic rings. The van der Waals surface area contributed by atoms with Crippen LogP contribution < -0.4 is 10.2 Å². The third-order valence-electron chi connectivity index (χ3n) is 3.28. The minimum absolute atomic E-state index is 0.789. The molecule has 1 heterocycles. The van der Waals surface area contributed by atoms with Crippen molar-refractivity contribution in [2.45, 2.75) is 33.7 Å². The number of aromatic nitrogens is 2. The van der Waals surface area contributed by atoms with Gasteiger partial charge < -0.3 is 10.2 Å². The van der Waals surface area contributed by atoms with Crippen LogP contribution >= 0.6 is 11.3 Å². The van der Waals surface area contributed by atoms with E-state index in [1.54, 1.807) is 11.3 Å². The van der Waals surface area contributed by atoms with Gasteiger partial charge in [0.15, 0.2) is 0 Å². The molecule has 4 nitrogen and oxygen atoms in total. The molecular weight excluding hydrogens is 268 g/mol. The van der Waals surface area contributed by atoms with Gasteiger partial charge in [-0.15, -0.1) is 10.2 Å². The maximum Gasteiger partial charge on any atom is 0.205 e. The predicted octanol–water partition coefficient (Wildman–Crippen LogP) is 3.56. The van der Waals surface area contributed by atoms with Gasteiger partial charge in [-0.05, 0) is 38.0 Å². The molecule has 0 unspecified atom stereocenters. The zero-order valence-corrected chi connectivity index (χ0v) is 13.2. The summed E-state index contributed by atoms with van der Waals surface area (Å²) < 4.78 is 0. The van der Waals surface area contributed by atoms with Crippen molar-refractivity contribution in [1.82, 2.24) is 10.2 Å². The molecule has 0 saturated heterocycles. The molecule has 0 fully saturated rings. The third kappa shape index (κ3) is 3.70. The highest BCUT2D eigenvalue weighted by Gasteiger charge is 2.03. The number of hydrogen-bond acceptors (Lipinski definition) is 5. The predicted molar refractivity (Wildman–Crippen MR) is 86.6 cm³/mol. The Balaban J connectivity index is 1.93. The van der Waals surface area contributed by atoms with Gasteiger partial charge in [0, 0.05) is 25.3 Å². The van der Waals surface area contributed by atoms with Gasteiger partial charge in [0.25, 0.3) is 0 Å². The molecule has 0 bridgehead atoms. The van der Waals surface area contributed by atoms with E-state index < -0.39 is 0 Å². The number of hydrogen-bond donors (Lipinski definition) is 1. The lowest BCUT2D eigenvalue weighted by Gasteiger charge is -2.21. The van der Waals surface area contributed by atoms with E-state index in [1.165, 1.54) is 11.3 Å². The van der Waals surface area contributed by atoms with Crippen LogP contribution in [0.15, 0.2) is 24.3 Å². The molecule has 0 radical (unpaired) electrons. The van der Waals surface area contributed by atoms with E-state index in [0.29, 0.717) is 0 Å². The lowest BCUT2D eigenvalue weighted by molar-refractivity contribution is 0.865. The fourth-order valence-corrected chi connectivity index (χ4v) is 2.73. The number of rotatable bonds is 7. The van der Waals surface area contributed by atoms with E-state index in [-0.39, 0.29) is 0 Å². The molecular formula is C15H22N4S. The molecule has 0 saturated carbocycles. The van der Waals surface area contributed by atoms with E-state index in [2.05, 4.69) is 65.5 Å². The number of aryl methyl sites for hydroxylation is 1. The molecule has 0 aliphatic heterocycles. The first-order valence-corrected chi connectivity index (χ1v) is 7.98. The molecule has 0 amide bonds. The van der Waals surface area contributed by atoms with Crippen molar-refractivity contribution < 1.29 is 0 Å². The Labute approximate surface area is 124 Å². The van der Waals surface area contributed by atoms with Gasteiger partial charge in [-0.2, -0.15) is 0 Å². The fraction of sp³-hybridized carbons (Fsp3) is 0.467. The van der Waals surface area contributed by atoms with Gasteiger partial charge in [-0.1, -0.05) is 30.4 Å². The van der Waals surface area contributed by atoms with Gasteiger partial charge in [-0.25, -0.2) is 0 Å². The number of anilines is 2. The van der Waals surface area contributed by atoms with Crippen molar-refractivity contribution in [3.63, 3.8) is 0 Å². The standard InChI is InChI=1S/C15H22N4S/c1-4-14-17-18-15(20-14)16-11-12-7-9-13(10-8-12)19(5-2)6-3/h7-10H,4-6,11H2,1-3H3,(H,16,18). The molecule has 0 atom stereocenters. The Hall–Kier alpha value is -1.62. The molecule has 2 aromatic rings. The van der Waals surface area contributed by atoms with Crippen LogP contribution in [0.3, 0.4) is 0 Å². The van der Waals surface area contributed by atoms with Crippen LogP contribution in [0.1, 0.15) is 31.3 Å². The lowest BCUT2D eigenvalue weighted by atomic mass is 10.2. The molecule has 0 spiro atoms. The molecule has 1 aromatic carbocycles. The summed E-state index contributed by atoms with van der Waals surface area (Å²) in [6.45, 7) is 9.32. The van der Waals surface area contributed by atoms with Crippen LogP contribution in [0.5, 0.6) is 0 Å². The Morgan fingerprint density at radius 1 is 1.05 bits per heavy atom. The largest absolute Gasteiger partial charge is 0.372 e. The molecule has 20 heavy (non-hydrogen) atoms. The van der Waals surface area contributed by atoms with Crippen molar-refractivity contribution in [3.8, 4) is 0 Å². The van der Waals surface area contributed by atoms with Crippen LogP contribution in [-0.4, -0.2) is 23.3 Å². The van der Waals surface area contributed by atoms with Crippen molar-refractivity contribution in [3.05, 3.63) is 34.8 Å². The van der Waals surface area contributed by atoms with Crippen LogP contribution in [-0.2, 0) is 13.0 Å². The van der Waals surface area contributed by atoms with E-state index in [4.69, 9.17) is 0 Å². The first-order valence-electron chi connectivity index (χ1n) is 7.16. The molecule has 2 rings (SSSR count). The smallest absolute Gasteiger partial charge is 0.205 e. The first-order chi connectivity index (χ1) is 9.76. The van der Waals surface area contributed by atoms with E-state index in [0.717, 1.165) is 36.2 Å². The summed E-state index contributed by atoms with van der Waals surface area (Å²) in [4.78, 5) is 2.34. The first kappa shape index (κ1) is 14.8. The van der Waals surface area contributed by atoms with Gasteiger partial charge >= 0.3 is 0 Å². The van der Waals surface area contributed by atoms with Crippen molar-refractivity contribution in [2.24, 2.45) is 0 Å². The highest BCUT2D eigenvalue weighted by molar-refractivity contribution is 7.15. The highest BCUT2D eigenvalue weighted by Crippen LogP contribution is 2.18. The summed E-state index contributed by atoms with van der Waals surface area (Å²) in [5.74, 6) is 0. The summed E-state index contributed by atoms with van der Waals surface area (Å²) in [6, 6.07) is 8.70. The second-order valence-electron chi connectivity index (χ2n) is 4.55. The average Bonchev–Trinajstić information content (AvgIpc) is 2.96. The minimum Gasteiger partial charge on any atom is -0.372 e. The van der Waals surface area contributed by atoms with Crippen LogP contribution in [0.4, 0.5) is 10.8 Å². The lowest BCUT2D eigenvalue weighted by Crippen LogP contribution is -2.21. The van der Waals surface area contributed by atoms with Crippen LogP contribution in [0, 0.1) is 0 Å². The average molecular weight is 290 g/mol. The maximum absolute atomic E-state index is 4.12. The number of nitrogens with one attached hydrogen (secondary N) is 1. The molecule has 1 N–H and O–H groups in total. The molecule has 108 valence electrons. The Kier molecular flexibility index (Phi) is 5.35. The summed E-state index contributed by atoms with van der Waals surface area (Å²) in [7, 11) is 0. The van der Waals surface area contributed by atoms with E-state index >= 15 is 0 Å². The third-order valence-corrected chi connectivity index (χ3v) is 4.30. The SMILES string of the molecule is CCc1nnc(NCc2ccc(N(CC)CC)cc2)s1. The van der Waals surface area contributed by atoms with Gasteiger partial charge in [-0.3, -0.25) is 0 Å². The van der Waals surface area contributed by atoms with E-state index in [1.807, 2.05) is 0 Å². The number of nitrogens with zero attached hydrogens (tertiary/aromatic N) is 3.